The Kier molecular flexibility index (Phi) is 6.01. The van der Waals surface area contributed by atoms with Gasteiger partial charge in [-0.2, -0.15) is 0 Å². The predicted molar refractivity (Wildman–Crippen MR) is 115 cm³/mol. The number of hydrogen-bond donors (Lipinski definition) is 0. The summed E-state index contributed by atoms with van der Waals surface area (Å²) in [6.45, 7) is 2.28. The second-order valence-corrected chi connectivity index (χ2v) is 10.8. The zero-order valence-electron chi connectivity index (χ0n) is 15.1. The van der Waals surface area contributed by atoms with Crippen molar-refractivity contribution in [1.82, 2.24) is 4.57 Å². The minimum absolute atomic E-state index is 0. The van der Waals surface area contributed by atoms with Gasteiger partial charge in [0, 0.05) is 0 Å². The fourth-order valence-corrected chi connectivity index (χ4v) is 8.27. The van der Waals surface area contributed by atoms with Crippen molar-refractivity contribution in [3.8, 4) is 0 Å². The molecule has 0 radical (unpaired) electrons. The fraction of sp³-hybridized carbons (Fsp3) is 0.130. The van der Waals surface area contributed by atoms with Gasteiger partial charge in [-0.15, -0.1) is 24.8 Å². The molecule has 3 aromatic rings. The van der Waals surface area contributed by atoms with Crippen molar-refractivity contribution in [3.63, 3.8) is 0 Å². The molecule has 0 aliphatic heterocycles. The zero-order valence-corrected chi connectivity index (χ0v) is 19.1. The van der Waals surface area contributed by atoms with Crippen LogP contribution in [-0.2, 0) is 26.5 Å². The van der Waals surface area contributed by atoms with E-state index in [1.165, 1.54) is 27.5 Å². The topological polar surface area (TPSA) is 4.93 Å². The van der Waals surface area contributed by atoms with E-state index >= 15 is 0 Å². The molecule has 0 amide bonds. The van der Waals surface area contributed by atoms with Crippen molar-refractivity contribution in [1.29, 1.82) is 0 Å². The van der Waals surface area contributed by atoms with Crippen LogP contribution in [0.3, 0.4) is 0 Å². The summed E-state index contributed by atoms with van der Waals surface area (Å²) in [5.41, 5.74) is 4.36. The molecule has 0 saturated heterocycles. The fourth-order valence-electron chi connectivity index (χ4n) is 3.97. The van der Waals surface area contributed by atoms with Gasteiger partial charge in [-0.05, 0) is 0 Å². The van der Waals surface area contributed by atoms with Crippen LogP contribution >= 0.6 is 24.8 Å². The Bertz CT molecular complexity index is 1040. The summed E-state index contributed by atoms with van der Waals surface area (Å²) in [7, 11) is 0. The zero-order chi connectivity index (χ0) is 16.9. The number of fused-ring (bicyclic) bond motifs is 2. The van der Waals surface area contributed by atoms with Gasteiger partial charge in [-0.3, -0.25) is 0 Å². The number of hydrogen-bond acceptors (Lipinski definition) is 0. The van der Waals surface area contributed by atoms with Crippen molar-refractivity contribution in [2.75, 3.05) is 0 Å². The minimum atomic E-state index is -0.903. The van der Waals surface area contributed by atoms with Crippen molar-refractivity contribution in [2.24, 2.45) is 0 Å². The van der Waals surface area contributed by atoms with Gasteiger partial charge in [0.1, 0.15) is 0 Å². The minimum Gasteiger partial charge on any atom is -0.147 e. The number of aromatic nitrogens is 1. The van der Waals surface area contributed by atoms with Gasteiger partial charge in [-0.1, -0.05) is 0 Å². The quantitative estimate of drug-likeness (QED) is 0.408. The normalized spacial score (nSPS) is 19.7. The molecule has 1 unspecified atom stereocenters. The number of benzene rings is 2. The molecule has 1 aromatic heterocycles. The second kappa shape index (κ2) is 7.96. The third-order valence-corrected chi connectivity index (χ3v) is 10.2. The molecule has 2 aliphatic carbocycles. The van der Waals surface area contributed by atoms with E-state index in [0.29, 0.717) is 0 Å². The van der Waals surface area contributed by atoms with Crippen LogP contribution in [0.4, 0.5) is 0 Å². The largest absolute Gasteiger partial charge is 0.147 e. The van der Waals surface area contributed by atoms with Crippen LogP contribution in [0.15, 0.2) is 88.0 Å². The Hall–Kier alpha value is -1.34. The Morgan fingerprint density at radius 3 is 2.22 bits per heavy atom. The van der Waals surface area contributed by atoms with Crippen LogP contribution in [0.2, 0.25) is 0 Å². The third kappa shape index (κ3) is 3.33. The van der Waals surface area contributed by atoms with Crippen LogP contribution < -0.4 is 0 Å². The third-order valence-electron chi connectivity index (χ3n) is 5.34. The molecule has 0 bridgehead atoms. The van der Waals surface area contributed by atoms with Gasteiger partial charge < -0.3 is 0 Å². The first-order valence-corrected chi connectivity index (χ1v) is 11.2. The molecule has 2 aliphatic rings. The van der Waals surface area contributed by atoms with Crippen LogP contribution in [0, 0.1) is 0 Å². The van der Waals surface area contributed by atoms with Crippen LogP contribution in [-0.4, -0.2) is 4.57 Å². The average Bonchev–Trinajstić information content (AvgIpc) is 3.34. The molecular weight excluding hydrogens is 452 g/mol. The number of halogens is 2. The van der Waals surface area contributed by atoms with E-state index in [1.54, 1.807) is 3.28 Å². The number of nitrogens with zero attached hydrogens (tertiary/aromatic N) is 1. The first kappa shape index (κ1) is 20.4. The number of rotatable bonds is 3. The molecule has 2 aromatic carbocycles. The van der Waals surface area contributed by atoms with E-state index in [1.807, 2.05) is 0 Å². The molecule has 27 heavy (non-hydrogen) atoms. The first-order chi connectivity index (χ1) is 12.3. The summed E-state index contributed by atoms with van der Waals surface area (Å²) in [4.78, 5) is 0. The van der Waals surface area contributed by atoms with Gasteiger partial charge in [0.2, 0.25) is 0 Å². The summed E-state index contributed by atoms with van der Waals surface area (Å²) in [6.07, 6.45) is 15.3. The van der Waals surface area contributed by atoms with E-state index < -0.39 is 23.2 Å². The molecule has 5 rings (SSSR count). The van der Waals surface area contributed by atoms with Crippen LogP contribution in [0.25, 0.3) is 16.8 Å². The van der Waals surface area contributed by atoms with Gasteiger partial charge in [-0.25, -0.2) is 0 Å². The maximum atomic E-state index is 2.50. The molecule has 0 fully saturated rings. The summed E-state index contributed by atoms with van der Waals surface area (Å²) in [5.74, 6) is 0. The van der Waals surface area contributed by atoms with Gasteiger partial charge in [0.05, 0.1) is 0 Å². The molecule has 4 heteroatoms. The molecule has 0 spiro atoms. The van der Waals surface area contributed by atoms with E-state index in [0.717, 1.165) is 6.42 Å². The Morgan fingerprint density at radius 1 is 0.889 bits per heavy atom. The first-order valence-electron chi connectivity index (χ1n) is 8.77. The maximum Gasteiger partial charge on any atom is -0.147 e. The molecule has 1 nitrogen and oxygen atoms in total. The van der Waals surface area contributed by atoms with Crippen molar-refractivity contribution >= 4 is 41.7 Å². The predicted octanol–water partition coefficient (Wildman–Crippen LogP) is 6.53. The average molecular weight is 474 g/mol. The standard InChI is InChI=1S/C17H12N.C6H7.2ClH.Zr/c1-2-7-15-12-18(11-14(15)6-1)17-10-9-13-5-3-4-8-16(13)17;1-6-4-2-3-5-6;;;/h1-12H;2,4H,3H2,1H3;2*1H;. The van der Waals surface area contributed by atoms with Crippen molar-refractivity contribution in [2.45, 2.75) is 16.6 Å². The SMILES string of the molecule is CC1=[C]([Zr][C]2(n3cc4ccccc4c3)C=Cc3ccccc32)CC=C1.Cl.Cl. The summed E-state index contributed by atoms with van der Waals surface area (Å²) in [5, 5.41) is 2.66. The Morgan fingerprint density at radius 2 is 1.56 bits per heavy atom. The van der Waals surface area contributed by atoms with E-state index in [2.05, 4.69) is 96.7 Å². The van der Waals surface area contributed by atoms with E-state index in [9.17, 15) is 0 Å². The molecule has 1 atom stereocenters. The molecule has 1 heterocycles. The maximum absolute atomic E-state index is 2.50. The van der Waals surface area contributed by atoms with Gasteiger partial charge >= 0.3 is 160 Å². The smallest absolute Gasteiger partial charge is 0.147 e. The Labute approximate surface area is 184 Å². The van der Waals surface area contributed by atoms with Gasteiger partial charge in [0.25, 0.3) is 0 Å². The van der Waals surface area contributed by atoms with E-state index in [4.69, 9.17) is 0 Å². The Balaban J connectivity index is 0.00000105. The van der Waals surface area contributed by atoms with E-state index in [-0.39, 0.29) is 28.1 Å². The molecular formula is C23H21Cl2NZr. The molecule has 136 valence electrons. The van der Waals surface area contributed by atoms with Crippen LogP contribution in [0.1, 0.15) is 24.5 Å². The second-order valence-electron chi connectivity index (χ2n) is 6.87. The summed E-state index contributed by atoms with van der Waals surface area (Å²) >= 11 is -0.903. The summed E-state index contributed by atoms with van der Waals surface area (Å²) < 4.78 is 4.26. The number of allylic oxidation sites excluding steroid dienone is 5. The molecule has 0 N–H and O–H groups in total. The monoisotopic (exact) mass is 471 g/mol. The van der Waals surface area contributed by atoms with Crippen molar-refractivity contribution in [3.05, 3.63) is 99.1 Å². The van der Waals surface area contributed by atoms with Crippen molar-refractivity contribution < 1.29 is 23.2 Å². The van der Waals surface area contributed by atoms with Gasteiger partial charge in [0.15, 0.2) is 0 Å². The van der Waals surface area contributed by atoms with Crippen LogP contribution in [0.5, 0.6) is 0 Å². The molecule has 0 saturated carbocycles. The summed E-state index contributed by atoms with van der Waals surface area (Å²) in [6, 6.07) is 17.6.